The van der Waals surface area contributed by atoms with Crippen LogP contribution < -0.4 is 5.32 Å². The quantitative estimate of drug-likeness (QED) is 0.602. The van der Waals surface area contributed by atoms with Gasteiger partial charge < -0.3 is 10.2 Å². The Morgan fingerprint density at radius 1 is 1.09 bits per heavy atom. The van der Waals surface area contributed by atoms with Crippen molar-refractivity contribution in [3.8, 4) is 5.69 Å². The minimum Gasteiger partial charge on any atom is -0.352 e. The first kappa shape index (κ1) is 21.7. The van der Waals surface area contributed by atoms with Gasteiger partial charge >= 0.3 is 0 Å². The van der Waals surface area contributed by atoms with Gasteiger partial charge in [-0.1, -0.05) is 24.3 Å². The molecule has 0 spiro atoms. The fourth-order valence-electron chi connectivity index (χ4n) is 4.10. The maximum absolute atomic E-state index is 14.6. The Morgan fingerprint density at radius 3 is 2.59 bits per heavy atom. The highest BCUT2D eigenvalue weighted by Crippen LogP contribution is 2.20. The number of hydrogen-bond donors (Lipinski definition) is 1. The van der Waals surface area contributed by atoms with Crippen LogP contribution in [-0.4, -0.2) is 39.6 Å². The summed E-state index contributed by atoms with van der Waals surface area (Å²) in [5.41, 5.74) is 4.67. The first-order valence-electron chi connectivity index (χ1n) is 10.9. The van der Waals surface area contributed by atoms with Gasteiger partial charge in [-0.3, -0.25) is 9.59 Å². The van der Waals surface area contributed by atoms with Crippen LogP contribution in [0.25, 0.3) is 5.69 Å². The van der Waals surface area contributed by atoms with E-state index in [-0.39, 0.29) is 17.4 Å². The second-order valence-corrected chi connectivity index (χ2v) is 8.20. The van der Waals surface area contributed by atoms with E-state index in [0.29, 0.717) is 31.6 Å². The average Bonchev–Trinajstić information content (AvgIpc) is 3.13. The smallest absolute Gasteiger partial charge is 0.251 e. The number of fused-ring (bicyclic) bond motifs is 1. The van der Waals surface area contributed by atoms with Gasteiger partial charge in [0, 0.05) is 37.3 Å². The van der Waals surface area contributed by atoms with Crippen molar-refractivity contribution in [3.05, 3.63) is 82.4 Å². The molecule has 2 aromatic carbocycles. The normalized spacial score (nSPS) is 13.0. The molecule has 4 rings (SSSR count). The third-order valence-corrected chi connectivity index (χ3v) is 5.78. The molecular formula is C25H27FN4O2. The molecule has 0 saturated carbocycles. The number of benzene rings is 2. The molecule has 1 aliphatic heterocycles. The van der Waals surface area contributed by atoms with Gasteiger partial charge in [0.05, 0.1) is 5.69 Å². The number of carbonyl (C=O) groups excluding carboxylic acids is 2. The second kappa shape index (κ2) is 9.34. The summed E-state index contributed by atoms with van der Waals surface area (Å²) in [5, 5.41) is 7.06. The molecule has 7 heteroatoms. The van der Waals surface area contributed by atoms with Crippen LogP contribution in [0, 0.1) is 19.7 Å². The number of aromatic nitrogens is 2. The highest BCUT2D eigenvalue weighted by molar-refractivity contribution is 5.94. The van der Waals surface area contributed by atoms with Crippen LogP contribution in [0.5, 0.6) is 0 Å². The molecule has 1 N–H and O–H groups in total. The number of nitrogens with zero attached hydrogens (tertiary/aromatic N) is 3. The molecule has 166 valence electrons. The number of amides is 2. The van der Waals surface area contributed by atoms with E-state index in [1.807, 2.05) is 36.9 Å². The van der Waals surface area contributed by atoms with Crippen molar-refractivity contribution < 1.29 is 14.0 Å². The Kier molecular flexibility index (Phi) is 6.35. The minimum absolute atomic E-state index is 0.0917. The molecule has 0 radical (unpaired) electrons. The van der Waals surface area contributed by atoms with E-state index in [1.165, 1.54) is 21.9 Å². The van der Waals surface area contributed by atoms with E-state index < -0.39 is 5.82 Å². The molecule has 32 heavy (non-hydrogen) atoms. The summed E-state index contributed by atoms with van der Waals surface area (Å²) in [6.45, 7) is 5.42. The zero-order chi connectivity index (χ0) is 22.7. The fourth-order valence-corrected chi connectivity index (χ4v) is 4.10. The van der Waals surface area contributed by atoms with Gasteiger partial charge in [0.2, 0.25) is 5.91 Å². The van der Waals surface area contributed by atoms with Crippen LogP contribution in [0.15, 0.2) is 48.5 Å². The molecule has 0 unspecified atom stereocenters. The molecule has 1 aromatic heterocycles. The van der Waals surface area contributed by atoms with Crippen molar-refractivity contribution in [3.63, 3.8) is 0 Å². The van der Waals surface area contributed by atoms with Crippen LogP contribution in [0.2, 0.25) is 0 Å². The lowest BCUT2D eigenvalue weighted by Crippen LogP contribution is -2.36. The lowest BCUT2D eigenvalue weighted by atomic mass is 9.99. The van der Waals surface area contributed by atoms with Crippen LogP contribution in [0.1, 0.15) is 45.7 Å². The highest BCUT2D eigenvalue weighted by Gasteiger charge is 2.20. The minimum atomic E-state index is -0.510. The topological polar surface area (TPSA) is 67.2 Å². The van der Waals surface area contributed by atoms with Crippen molar-refractivity contribution in [2.24, 2.45) is 0 Å². The Labute approximate surface area is 187 Å². The molecular weight excluding hydrogens is 407 g/mol. The fraction of sp³-hybridized carbons (Fsp3) is 0.320. The summed E-state index contributed by atoms with van der Waals surface area (Å²) in [6, 6.07) is 14.4. The Morgan fingerprint density at radius 2 is 1.88 bits per heavy atom. The zero-order valence-electron chi connectivity index (χ0n) is 18.4. The average molecular weight is 435 g/mol. The van der Waals surface area contributed by atoms with Crippen molar-refractivity contribution in [1.82, 2.24) is 20.0 Å². The lowest BCUT2D eigenvalue weighted by molar-refractivity contribution is -0.132. The van der Waals surface area contributed by atoms with Crippen LogP contribution in [-0.2, 0) is 17.8 Å². The standard InChI is InChI=1S/C25H27FN4O2/c1-17-14-18(2)30(28-17)23-10-9-20(15-22(23)26)25(32)27-12-5-8-24(31)29-13-11-19-6-3-4-7-21(19)16-29/h3-4,6-7,9-10,14-15H,5,8,11-13,16H2,1-2H3,(H,27,32). The number of halogens is 1. The third-order valence-electron chi connectivity index (χ3n) is 5.78. The van der Waals surface area contributed by atoms with Gasteiger partial charge in [0.15, 0.2) is 0 Å². The molecule has 1 aliphatic rings. The summed E-state index contributed by atoms with van der Waals surface area (Å²) < 4.78 is 16.1. The number of nitrogens with one attached hydrogen (secondary N) is 1. The van der Waals surface area contributed by atoms with Gasteiger partial charge in [-0.2, -0.15) is 5.10 Å². The van der Waals surface area contributed by atoms with E-state index in [2.05, 4.69) is 22.5 Å². The van der Waals surface area contributed by atoms with Crippen LogP contribution in [0.4, 0.5) is 4.39 Å². The van der Waals surface area contributed by atoms with Crippen LogP contribution >= 0.6 is 0 Å². The molecule has 0 saturated heterocycles. The monoisotopic (exact) mass is 434 g/mol. The summed E-state index contributed by atoms with van der Waals surface area (Å²) in [4.78, 5) is 26.8. The summed E-state index contributed by atoms with van der Waals surface area (Å²) >= 11 is 0. The second-order valence-electron chi connectivity index (χ2n) is 8.20. The van der Waals surface area contributed by atoms with Crippen molar-refractivity contribution in [2.75, 3.05) is 13.1 Å². The Hall–Kier alpha value is -3.48. The van der Waals surface area contributed by atoms with E-state index in [4.69, 9.17) is 0 Å². The maximum atomic E-state index is 14.6. The molecule has 3 aromatic rings. The van der Waals surface area contributed by atoms with Gasteiger partial charge in [0.25, 0.3) is 5.91 Å². The molecule has 0 bridgehead atoms. The largest absolute Gasteiger partial charge is 0.352 e. The molecule has 2 amide bonds. The summed E-state index contributed by atoms with van der Waals surface area (Å²) in [5.74, 6) is -0.776. The SMILES string of the molecule is Cc1cc(C)n(-c2ccc(C(=O)NCCCC(=O)N3CCc4ccccc4C3)cc2F)n1. The van der Waals surface area contributed by atoms with E-state index in [1.54, 1.807) is 12.1 Å². The van der Waals surface area contributed by atoms with E-state index >= 15 is 0 Å². The van der Waals surface area contributed by atoms with Crippen molar-refractivity contribution in [1.29, 1.82) is 0 Å². The van der Waals surface area contributed by atoms with E-state index in [9.17, 15) is 14.0 Å². The summed E-state index contributed by atoms with van der Waals surface area (Å²) in [6.07, 6.45) is 1.78. The number of aryl methyl sites for hydroxylation is 2. The molecule has 0 aliphatic carbocycles. The van der Waals surface area contributed by atoms with Gasteiger partial charge in [0.1, 0.15) is 11.5 Å². The highest BCUT2D eigenvalue weighted by atomic mass is 19.1. The third kappa shape index (κ3) is 4.72. The molecule has 2 heterocycles. The summed E-state index contributed by atoms with van der Waals surface area (Å²) in [7, 11) is 0. The predicted octanol–water partition coefficient (Wildman–Crippen LogP) is 3.72. The number of hydrogen-bond acceptors (Lipinski definition) is 3. The maximum Gasteiger partial charge on any atom is 0.251 e. The first-order chi connectivity index (χ1) is 15.4. The molecule has 0 atom stereocenters. The van der Waals surface area contributed by atoms with Gasteiger partial charge in [-0.15, -0.1) is 0 Å². The number of rotatable bonds is 6. The first-order valence-corrected chi connectivity index (χ1v) is 10.9. The Bertz CT molecular complexity index is 1150. The lowest BCUT2D eigenvalue weighted by Gasteiger charge is -2.29. The van der Waals surface area contributed by atoms with E-state index in [0.717, 1.165) is 24.4 Å². The van der Waals surface area contributed by atoms with Gasteiger partial charge in [-0.25, -0.2) is 9.07 Å². The zero-order valence-corrected chi connectivity index (χ0v) is 18.4. The van der Waals surface area contributed by atoms with Gasteiger partial charge in [-0.05, 0) is 62.1 Å². The van der Waals surface area contributed by atoms with Crippen molar-refractivity contribution in [2.45, 2.75) is 39.7 Å². The van der Waals surface area contributed by atoms with Crippen molar-refractivity contribution >= 4 is 11.8 Å². The molecule has 0 fully saturated rings. The molecule has 6 nitrogen and oxygen atoms in total. The Balaban J connectivity index is 1.27. The predicted molar refractivity (Wildman–Crippen MR) is 120 cm³/mol. The van der Waals surface area contributed by atoms with Crippen LogP contribution in [0.3, 0.4) is 0 Å². The number of carbonyl (C=O) groups is 2.